The molecule has 0 aromatic heterocycles. The first-order valence-corrected chi connectivity index (χ1v) is 4.10. The molecule has 0 fully saturated rings. The van der Waals surface area contributed by atoms with Crippen LogP contribution in [0.1, 0.15) is 10.4 Å². The smallest absolute Gasteiger partial charge is 0.300 e. The van der Waals surface area contributed by atoms with Crippen molar-refractivity contribution in [3.8, 4) is 5.75 Å². The molecule has 0 saturated heterocycles. The molecule has 1 aromatic rings. The second-order valence-electron chi connectivity index (χ2n) is 2.51. The summed E-state index contributed by atoms with van der Waals surface area (Å²) in [5, 5.41) is -0.0327. The van der Waals surface area contributed by atoms with Gasteiger partial charge >= 0.3 is 6.43 Å². The number of hydrogen-bond donors (Lipinski definition) is 0. The second-order valence-corrected chi connectivity index (χ2v) is 2.92. The Balaban J connectivity index is 3.06. The van der Waals surface area contributed by atoms with Crippen molar-refractivity contribution in [1.29, 1.82) is 0 Å². The largest absolute Gasteiger partial charge is 0.497 e. The lowest BCUT2D eigenvalue weighted by atomic mass is 10.1. The van der Waals surface area contributed by atoms with Crippen LogP contribution in [0, 0.1) is 0 Å². The molecule has 14 heavy (non-hydrogen) atoms. The number of rotatable bonds is 3. The third-order valence-corrected chi connectivity index (χ3v) is 1.95. The molecule has 0 N–H and O–H groups in total. The van der Waals surface area contributed by atoms with Crippen LogP contribution in [0.15, 0.2) is 18.2 Å². The van der Waals surface area contributed by atoms with E-state index >= 15 is 0 Å². The van der Waals surface area contributed by atoms with Crippen LogP contribution in [0.25, 0.3) is 0 Å². The molecule has 76 valence electrons. The maximum absolute atomic E-state index is 12.0. The number of Topliss-reactive ketones (excluding diaryl/α,β-unsaturated/α-hetero) is 1. The normalized spacial score (nSPS) is 10.4. The van der Waals surface area contributed by atoms with E-state index in [9.17, 15) is 13.6 Å². The van der Waals surface area contributed by atoms with Gasteiger partial charge < -0.3 is 4.74 Å². The SMILES string of the molecule is COc1ccc(C(=O)C(F)F)c(Cl)c1. The van der Waals surface area contributed by atoms with Crippen LogP contribution < -0.4 is 4.74 Å². The Labute approximate surface area is 84.4 Å². The molecule has 1 aromatic carbocycles. The fourth-order valence-corrected chi connectivity index (χ4v) is 1.20. The number of halogens is 3. The molecule has 0 atom stereocenters. The summed E-state index contributed by atoms with van der Waals surface area (Å²) in [5.74, 6) is -0.863. The quantitative estimate of drug-likeness (QED) is 0.733. The Morgan fingerprint density at radius 1 is 1.50 bits per heavy atom. The topological polar surface area (TPSA) is 26.3 Å². The van der Waals surface area contributed by atoms with E-state index in [1.165, 1.54) is 25.3 Å². The minimum Gasteiger partial charge on any atom is -0.497 e. The lowest BCUT2D eigenvalue weighted by Crippen LogP contribution is -2.10. The predicted octanol–water partition coefficient (Wildman–Crippen LogP) is 2.80. The van der Waals surface area contributed by atoms with Gasteiger partial charge in [0.05, 0.1) is 12.1 Å². The predicted molar refractivity (Wildman–Crippen MR) is 48.3 cm³/mol. The monoisotopic (exact) mass is 220 g/mol. The molecular weight excluding hydrogens is 214 g/mol. The number of benzene rings is 1. The highest BCUT2D eigenvalue weighted by atomic mass is 35.5. The summed E-state index contributed by atoms with van der Waals surface area (Å²) in [6.07, 6.45) is -3.04. The average molecular weight is 221 g/mol. The second kappa shape index (κ2) is 4.37. The van der Waals surface area contributed by atoms with E-state index < -0.39 is 12.2 Å². The Morgan fingerprint density at radius 2 is 2.14 bits per heavy atom. The number of alkyl halides is 2. The molecule has 0 heterocycles. The van der Waals surface area contributed by atoms with Gasteiger partial charge in [0.25, 0.3) is 0 Å². The summed E-state index contributed by atoms with van der Waals surface area (Å²) < 4.78 is 28.9. The van der Waals surface area contributed by atoms with Crippen molar-refractivity contribution in [3.63, 3.8) is 0 Å². The highest BCUT2D eigenvalue weighted by Crippen LogP contribution is 2.24. The molecule has 0 bridgehead atoms. The summed E-state index contributed by atoms with van der Waals surface area (Å²) in [6, 6.07) is 3.94. The van der Waals surface area contributed by atoms with E-state index in [0.29, 0.717) is 5.75 Å². The third-order valence-electron chi connectivity index (χ3n) is 1.64. The molecule has 5 heteroatoms. The van der Waals surface area contributed by atoms with Gasteiger partial charge in [-0.15, -0.1) is 0 Å². The summed E-state index contributed by atoms with van der Waals surface area (Å²) in [4.78, 5) is 10.9. The minimum atomic E-state index is -3.04. The van der Waals surface area contributed by atoms with Crippen LogP contribution in [0.4, 0.5) is 8.78 Å². The van der Waals surface area contributed by atoms with E-state index in [1.807, 2.05) is 0 Å². The minimum absolute atomic E-state index is 0.0327. The zero-order valence-corrected chi connectivity index (χ0v) is 8.02. The number of hydrogen-bond acceptors (Lipinski definition) is 2. The van der Waals surface area contributed by atoms with Gasteiger partial charge in [-0.25, -0.2) is 8.78 Å². The van der Waals surface area contributed by atoms with Crippen molar-refractivity contribution >= 4 is 17.4 Å². The molecule has 0 amide bonds. The molecule has 2 nitrogen and oxygen atoms in total. The Bertz CT molecular complexity index is 353. The van der Waals surface area contributed by atoms with Gasteiger partial charge in [-0.05, 0) is 18.2 Å². The van der Waals surface area contributed by atoms with Gasteiger partial charge in [-0.2, -0.15) is 0 Å². The Kier molecular flexibility index (Phi) is 3.41. The first-order valence-electron chi connectivity index (χ1n) is 3.72. The van der Waals surface area contributed by atoms with E-state index in [-0.39, 0.29) is 10.6 Å². The van der Waals surface area contributed by atoms with Crippen molar-refractivity contribution in [2.45, 2.75) is 6.43 Å². The lowest BCUT2D eigenvalue weighted by molar-refractivity contribution is 0.0679. The summed E-state index contributed by atoms with van der Waals surface area (Å²) in [7, 11) is 1.42. The molecule has 0 aliphatic carbocycles. The van der Waals surface area contributed by atoms with Crippen molar-refractivity contribution in [3.05, 3.63) is 28.8 Å². The van der Waals surface area contributed by atoms with E-state index in [4.69, 9.17) is 16.3 Å². The highest BCUT2D eigenvalue weighted by Gasteiger charge is 2.20. The molecule has 0 aliphatic rings. The first-order chi connectivity index (χ1) is 6.56. The fraction of sp³-hybridized carbons (Fsp3) is 0.222. The Morgan fingerprint density at radius 3 is 2.57 bits per heavy atom. The maximum Gasteiger partial charge on any atom is 0.300 e. The van der Waals surface area contributed by atoms with Crippen LogP contribution >= 0.6 is 11.6 Å². The van der Waals surface area contributed by atoms with E-state index in [0.717, 1.165) is 0 Å². The Hall–Kier alpha value is -1.16. The van der Waals surface area contributed by atoms with Gasteiger partial charge in [0, 0.05) is 5.56 Å². The summed E-state index contributed by atoms with van der Waals surface area (Å²) in [5.41, 5.74) is -0.192. The van der Waals surface area contributed by atoms with Crippen molar-refractivity contribution in [2.75, 3.05) is 7.11 Å². The van der Waals surface area contributed by atoms with Crippen molar-refractivity contribution < 1.29 is 18.3 Å². The van der Waals surface area contributed by atoms with Gasteiger partial charge in [0.1, 0.15) is 5.75 Å². The fourth-order valence-electron chi connectivity index (χ4n) is 0.940. The van der Waals surface area contributed by atoms with Crippen LogP contribution in [-0.4, -0.2) is 19.3 Å². The zero-order valence-electron chi connectivity index (χ0n) is 7.26. The van der Waals surface area contributed by atoms with E-state index in [2.05, 4.69) is 0 Å². The number of ether oxygens (including phenoxy) is 1. The summed E-state index contributed by atoms with van der Waals surface area (Å²) in [6.45, 7) is 0. The first kappa shape index (κ1) is 10.9. The molecular formula is C9H7ClF2O2. The maximum atomic E-state index is 12.0. The average Bonchev–Trinajstić information content (AvgIpc) is 2.16. The number of methoxy groups -OCH3 is 1. The van der Waals surface area contributed by atoms with Gasteiger partial charge in [0.15, 0.2) is 0 Å². The molecule has 0 spiro atoms. The van der Waals surface area contributed by atoms with Crippen molar-refractivity contribution in [2.24, 2.45) is 0 Å². The lowest BCUT2D eigenvalue weighted by Gasteiger charge is -2.04. The molecule has 1 rings (SSSR count). The number of carbonyl (C=O) groups excluding carboxylic acids is 1. The molecule has 0 radical (unpaired) electrons. The number of ketones is 1. The van der Waals surface area contributed by atoms with Gasteiger partial charge in [0.2, 0.25) is 5.78 Å². The highest BCUT2D eigenvalue weighted by molar-refractivity contribution is 6.34. The van der Waals surface area contributed by atoms with Gasteiger partial charge in [-0.3, -0.25) is 4.79 Å². The van der Waals surface area contributed by atoms with E-state index in [1.54, 1.807) is 0 Å². The number of carbonyl (C=O) groups is 1. The molecule has 0 saturated carbocycles. The standard InChI is InChI=1S/C9H7ClF2O2/c1-14-5-2-3-6(7(10)4-5)8(13)9(11)12/h2-4,9H,1H3. The van der Waals surface area contributed by atoms with Gasteiger partial charge in [-0.1, -0.05) is 11.6 Å². The third kappa shape index (κ3) is 2.20. The zero-order chi connectivity index (χ0) is 10.7. The van der Waals surface area contributed by atoms with Crippen molar-refractivity contribution in [1.82, 2.24) is 0 Å². The molecule has 0 aliphatic heterocycles. The molecule has 0 unspecified atom stereocenters. The van der Waals surface area contributed by atoms with Crippen LogP contribution in [-0.2, 0) is 0 Å². The van der Waals surface area contributed by atoms with Crippen LogP contribution in [0.2, 0.25) is 5.02 Å². The summed E-state index contributed by atoms with van der Waals surface area (Å²) >= 11 is 5.61. The van der Waals surface area contributed by atoms with Crippen LogP contribution in [0.5, 0.6) is 5.75 Å². The van der Waals surface area contributed by atoms with Crippen LogP contribution in [0.3, 0.4) is 0 Å².